The normalized spacial score (nSPS) is 12.7. The van der Waals surface area contributed by atoms with Crippen LogP contribution in [0.15, 0.2) is 102 Å². The summed E-state index contributed by atoms with van der Waals surface area (Å²) in [6.45, 7) is 4.53. The van der Waals surface area contributed by atoms with Gasteiger partial charge in [-0.3, -0.25) is 9.59 Å². The molecule has 10 nitrogen and oxygen atoms in total. The molecule has 1 unspecified atom stereocenters. The summed E-state index contributed by atoms with van der Waals surface area (Å²) in [7, 11) is -2.91. The monoisotopic (exact) mass is 621 g/mol. The Labute approximate surface area is 258 Å². The van der Waals surface area contributed by atoms with E-state index in [4.69, 9.17) is 4.74 Å². The summed E-state index contributed by atoms with van der Waals surface area (Å²) < 4.78 is 36.8. The summed E-state index contributed by atoms with van der Waals surface area (Å²) in [6.07, 6.45) is 0.423. The van der Waals surface area contributed by atoms with Crippen molar-refractivity contribution in [3.63, 3.8) is 0 Å². The summed E-state index contributed by atoms with van der Waals surface area (Å²) in [5, 5.41) is 6.70. The Morgan fingerprint density at radius 2 is 1.30 bits per heavy atom. The van der Waals surface area contributed by atoms with Crippen LogP contribution in [0.2, 0.25) is 0 Å². The molecule has 0 spiro atoms. The number of alkyl carbamates (subject to hydrolysis) is 1. The van der Waals surface area contributed by atoms with Crippen LogP contribution in [0.25, 0.3) is 0 Å². The highest BCUT2D eigenvalue weighted by Gasteiger charge is 2.37. The molecule has 0 saturated carbocycles. The van der Waals surface area contributed by atoms with E-state index in [-0.39, 0.29) is 18.7 Å². The van der Waals surface area contributed by atoms with Gasteiger partial charge in [-0.1, -0.05) is 91.0 Å². The number of benzene rings is 3. The first kappa shape index (κ1) is 34.0. The molecule has 0 bridgehead atoms. The van der Waals surface area contributed by atoms with Crippen molar-refractivity contribution < 1.29 is 32.3 Å². The topological polar surface area (TPSA) is 140 Å². The highest BCUT2D eigenvalue weighted by atomic mass is 32.2. The Hall–Kier alpha value is -4.48. The Morgan fingerprint density at radius 3 is 1.73 bits per heavy atom. The number of hydrogen-bond acceptors (Lipinski definition) is 7. The Morgan fingerprint density at radius 1 is 0.818 bits per heavy atom. The van der Waals surface area contributed by atoms with Gasteiger partial charge in [-0.15, -0.1) is 0 Å². The van der Waals surface area contributed by atoms with Crippen molar-refractivity contribution >= 4 is 28.0 Å². The molecule has 0 fully saturated rings. The lowest BCUT2D eigenvalue weighted by atomic mass is 9.77. The number of amides is 2. The Balaban J connectivity index is 1.90. The highest BCUT2D eigenvalue weighted by Crippen LogP contribution is 2.37. The average molecular weight is 622 g/mol. The van der Waals surface area contributed by atoms with Gasteiger partial charge >= 0.3 is 12.1 Å². The van der Waals surface area contributed by atoms with Crippen molar-refractivity contribution in [1.29, 1.82) is 0 Å². The third kappa shape index (κ3) is 10.1. The molecule has 3 aromatic carbocycles. The largest absolute Gasteiger partial charge is 0.468 e. The fraction of sp³-hybridized carbons (Fsp3) is 0.303. The van der Waals surface area contributed by atoms with Crippen LogP contribution in [-0.4, -0.2) is 51.7 Å². The molecule has 0 aliphatic heterocycles. The number of rotatable bonds is 13. The first-order valence-electron chi connectivity index (χ1n) is 14.1. The molecule has 0 saturated heterocycles. The maximum atomic E-state index is 13.7. The molecular weight excluding hydrogens is 582 g/mol. The number of hydrogen-bond donors (Lipinski definition) is 3. The van der Waals surface area contributed by atoms with Gasteiger partial charge in [0.1, 0.15) is 17.7 Å². The fourth-order valence-electron chi connectivity index (χ4n) is 4.49. The van der Waals surface area contributed by atoms with Crippen LogP contribution in [-0.2, 0) is 34.6 Å². The van der Waals surface area contributed by atoms with Gasteiger partial charge in [-0.25, -0.2) is 17.9 Å². The van der Waals surface area contributed by atoms with Crippen molar-refractivity contribution in [2.45, 2.75) is 50.8 Å². The van der Waals surface area contributed by atoms with E-state index in [1.54, 1.807) is 20.8 Å². The second-order valence-corrected chi connectivity index (χ2v) is 12.6. The van der Waals surface area contributed by atoms with Crippen molar-refractivity contribution in [2.24, 2.45) is 0 Å². The molecule has 1 atom stereocenters. The van der Waals surface area contributed by atoms with Crippen LogP contribution < -0.4 is 15.4 Å². The zero-order valence-corrected chi connectivity index (χ0v) is 26.1. The van der Waals surface area contributed by atoms with E-state index in [1.807, 2.05) is 91.0 Å². The molecule has 0 radical (unpaired) electrons. The minimum absolute atomic E-state index is 0.0442. The summed E-state index contributed by atoms with van der Waals surface area (Å²) in [6, 6.07) is 27.9. The van der Waals surface area contributed by atoms with Crippen molar-refractivity contribution in [3.8, 4) is 0 Å². The van der Waals surface area contributed by atoms with Crippen LogP contribution in [0.5, 0.6) is 0 Å². The second-order valence-electron chi connectivity index (χ2n) is 11.0. The van der Waals surface area contributed by atoms with E-state index in [0.717, 1.165) is 29.2 Å². The van der Waals surface area contributed by atoms with E-state index >= 15 is 0 Å². The lowest BCUT2D eigenvalue weighted by Crippen LogP contribution is -2.48. The molecule has 3 rings (SSSR count). The first-order valence-corrected chi connectivity index (χ1v) is 15.6. The van der Waals surface area contributed by atoms with Crippen molar-refractivity contribution in [3.05, 3.63) is 119 Å². The number of nitrogens with one attached hydrogen (secondary N) is 3. The van der Waals surface area contributed by atoms with Gasteiger partial charge in [0.05, 0.1) is 13.2 Å². The summed E-state index contributed by atoms with van der Waals surface area (Å²) in [5.41, 5.74) is 0.696. The lowest BCUT2D eigenvalue weighted by molar-refractivity contribution is -0.139. The smallest absolute Gasteiger partial charge is 0.408 e. The zero-order valence-electron chi connectivity index (χ0n) is 25.3. The standard InChI is InChI=1S/C33H39N3O7S/c1-32(2,3)43-31(39)35-28(22-23-44(40,41)34-24-30(38)42-4)20-21-29(37)36-33(25-14-8-5-9-15-25,26-16-10-6-11-17-26)27-18-12-7-13-19-27/h5-19,22-23,28,34H,20-21,24H2,1-4H3,(H,35,39)(H,36,37)/b23-22+. The number of carbonyl (C=O) groups is 3. The van der Waals surface area contributed by atoms with Gasteiger partial charge in [0.25, 0.3) is 0 Å². The minimum Gasteiger partial charge on any atom is -0.468 e. The molecule has 0 heterocycles. The molecule has 0 aliphatic rings. The predicted molar refractivity (Wildman–Crippen MR) is 168 cm³/mol. The van der Waals surface area contributed by atoms with Crippen LogP contribution in [0.4, 0.5) is 4.79 Å². The molecule has 234 valence electrons. The quantitative estimate of drug-likeness (QED) is 0.190. The van der Waals surface area contributed by atoms with E-state index in [2.05, 4.69) is 20.1 Å². The number of ether oxygens (including phenoxy) is 2. The van der Waals surface area contributed by atoms with Crippen LogP contribution in [0, 0.1) is 0 Å². The van der Waals surface area contributed by atoms with Gasteiger partial charge in [-0.05, 0) is 50.0 Å². The van der Waals surface area contributed by atoms with Crippen molar-refractivity contribution in [2.75, 3.05) is 13.7 Å². The minimum atomic E-state index is -4.05. The van der Waals surface area contributed by atoms with Gasteiger partial charge in [-0.2, -0.15) is 0 Å². The zero-order chi connectivity index (χ0) is 32.2. The van der Waals surface area contributed by atoms with Crippen LogP contribution in [0.1, 0.15) is 50.3 Å². The summed E-state index contributed by atoms with van der Waals surface area (Å²) in [4.78, 5) is 37.7. The summed E-state index contributed by atoms with van der Waals surface area (Å²) in [5.74, 6) is -1.10. The number of methoxy groups -OCH3 is 1. The molecular formula is C33H39N3O7S. The molecule has 44 heavy (non-hydrogen) atoms. The fourth-order valence-corrected chi connectivity index (χ4v) is 5.30. The van der Waals surface area contributed by atoms with Crippen LogP contribution >= 0.6 is 0 Å². The molecule has 2 amide bonds. The molecule has 3 aromatic rings. The SMILES string of the molecule is COC(=O)CNS(=O)(=O)/C=C/C(CCC(=O)NC(c1ccccc1)(c1ccccc1)c1ccccc1)NC(=O)OC(C)(C)C. The predicted octanol–water partition coefficient (Wildman–Crippen LogP) is 4.37. The van der Waals surface area contributed by atoms with Gasteiger partial charge in [0.2, 0.25) is 15.9 Å². The van der Waals surface area contributed by atoms with E-state index in [9.17, 15) is 22.8 Å². The second kappa shape index (κ2) is 15.3. The van der Waals surface area contributed by atoms with Crippen LogP contribution in [0.3, 0.4) is 0 Å². The van der Waals surface area contributed by atoms with E-state index in [1.165, 1.54) is 6.08 Å². The van der Waals surface area contributed by atoms with Gasteiger partial charge in [0.15, 0.2) is 0 Å². The summed E-state index contributed by atoms with van der Waals surface area (Å²) >= 11 is 0. The van der Waals surface area contributed by atoms with Gasteiger partial charge in [0, 0.05) is 11.8 Å². The Bertz CT molecular complexity index is 1430. The number of carbonyl (C=O) groups excluding carboxylic acids is 3. The maximum absolute atomic E-state index is 13.7. The van der Waals surface area contributed by atoms with Gasteiger partial charge < -0.3 is 20.1 Å². The number of sulfonamides is 1. The molecule has 3 N–H and O–H groups in total. The van der Waals surface area contributed by atoms with Crippen molar-refractivity contribution in [1.82, 2.24) is 15.4 Å². The number of esters is 1. The molecule has 11 heteroatoms. The lowest BCUT2D eigenvalue weighted by Gasteiger charge is -2.37. The van der Waals surface area contributed by atoms with E-state index in [0.29, 0.717) is 0 Å². The molecule has 0 aromatic heterocycles. The third-order valence-electron chi connectivity index (χ3n) is 6.47. The maximum Gasteiger partial charge on any atom is 0.408 e. The third-order valence-corrected chi connectivity index (χ3v) is 7.53. The van der Waals surface area contributed by atoms with E-state index < -0.39 is 45.8 Å². The average Bonchev–Trinajstić information content (AvgIpc) is 3.00. The highest BCUT2D eigenvalue weighted by molar-refractivity contribution is 7.92. The first-order chi connectivity index (χ1) is 20.8. The Kier molecular flexibility index (Phi) is 11.8. The molecule has 0 aliphatic carbocycles.